The number of nitrogens with one attached hydrogen (secondary N) is 3. The topological polar surface area (TPSA) is 53.2 Å². The fourth-order valence-corrected chi connectivity index (χ4v) is 3.31. The number of aryl methyl sites for hydroxylation is 1. The minimum absolute atomic E-state index is 0.144. The van der Waals surface area contributed by atoms with E-state index in [-0.39, 0.29) is 16.2 Å². The first kappa shape index (κ1) is 19.0. The van der Waals surface area contributed by atoms with Gasteiger partial charge in [-0.25, -0.2) is 8.78 Å². The lowest BCUT2D eigenvalue weighted by Crippen LogP contribution is -2.46. The molecule has 0 bridgehead atoms. The smallest absolute Gasteiger partial charge is 0.255 e. The Morgan fingerprint density at radius 3 is 2.59 bits per heavy atom. The van der Waals surface area contributed by atoms with Crippen LogP contribution in [-0.2, 0) is 4.79 Å². The van der Waals surface area contributed by atoms with Crippen molar-refractivity contribution in [2.24, 2.45) is 0 Å². The van der Waals surface area contributed by atoms with Crippen LogP contribution in [0, 0.1) is 25.5 Å². The van der Waals surface area contributed by atoms with E-state index in [1.165, 1.54) is 6.07 Å². The molecular formula is C20H19F2N3OS. The lowest BCUT2D eigenvalue weighted by molar-refractivity contribution is -0.113. The summed E-state index contributed by atoms with van der Waals surface area (Å²) in [6.07, 6.45) is 0. The highest BCUT2D eigenvalue weighted by atomic mass is 32.1. The fourth-order valence-electron chi connectivity index (χ4n) is 3.04. The molecule has 3 rings (SSSR count). The van der Waals surface area contributed by atoms with Crippen molar-refractivity contribution in [2.45, 2.75) is 26.8 Å². The Kier molecular flexibility index (Phi) is 5.23. The highest BCUT2D eigenvalue weighted by molar-refractivity contribution is 7.80. The summed E-state index contributed by atoms with van der Waals surface area (Å²) in [5, 5.41) is 8.95. The Bertz CT molecular complexity index is 972. The monoisotopic (exact) mass is 387 g/mol. The molecule has 1 atom stereocenters. The average Bonchev–Trinajstić information content (AvgIpc) is 2.58. The van der Waals surface area contributed by atoms with Crippen LogP contribution in [0.1, 0.15) is 29.7 Å². The number of amides is 1. The Morgan fingerprint density at radius 2 is 1.89 bits per heavy atom. The van der Waals surface area contributed by atoms with Gasteiger partial charge in [-0.2, -0.15) is 0 Å². The number of thiocarbonyl (C=S) groups is 1. The lowest BCUT2D eigenvalue weighted by atomic mass is 9.94. The molecule has 0 aliphatic carbocycles. The lowest BCUT2D eigenvalue weighted by Gasteiger charge is -2.30. The summed E-state index contributed by atoms with van der Waals surface area (Å²) in [6.45, 7) is 5.56. The van der Waals surface area contributed by atoms with Crippen molar-refractivity contribution in [3.8, 4) is 0 Å². The maximum Gasteiger partial charge on any atom is 0.255 e. The molecule has 0 spiro atoms. The molecule has 27 heavy (non-hydrogen) atoms. The summed E-state index contributed by atoms with van der Waals surface area (Å²) < 4.78 is 27.7. The number of carbonyl (C=O) groups excluding carboxylic acids is 1. The first-order valence-electron chi connectivity index (χ1n) is 8.38. The standard InChI is InChI=1S/C20H19F2N3OS/c1-10-5-4-6-16(11(10)2)24-19(26)17-12(3)23-20(27)25-18(17)14-8-7-13(21)9-15(14)22/h4-9,18H,1-3H3,(H,24,26)(H2,23,25,27)/t18-/m0/s1. The molecular weight excluding hydrogens is 368 g/mol. The second-order valence-corrected chi connectivity index (χ2v) is 6.85. The van der Waals surface area contributed by atoms with Gasteiger partial charge in [0.05, 0.1) is 11.6 Å². The van der Waals surface area contributed by atoms with Crippen molar-refractivity contribution >= 4 is 28.9 Å². The summed E-state index contributed by atoms with van der Waals surface area (Å²) in [4.78, 5) is 13.0. The molecule has 4 nitrogen and oxygen atoms in total. The van der Waals surface area contributed by atoms with Crippen LogP contribution in [-0.4, -0.2) is 11.0 Å². The van der Waals surface area contributed by atoms with Gasteiger partial charge in [-0.1, -0.05) is 18.2 Å². The van der Waals surface area contributed by atoms with Crippen molar-refractivity contribution in [2.75, 3.05) is 5.32 Å². The van der Waals surface area contributed by atoms with E-state index in [9.17, 15) is 13.6 Å². The zero-order chi connectivity index (χ0) is 19.7. The zero-order valence-corrected chi connectivity index (χ0v) is 15.9. The number of halogens is 2. The van der Waals surface area contributed by atoms with E-state index in [1.54, 1.807) is 13.0 Å². The second-order valence-electron chi connectivity index (χ2n) is 6.44. The minimum Gasteiger partial charge on any atom is -0.351 e. The summed E-state index contributed by atoms with van der Waals surface area (Å²) in [5.74, 6) is -1.82. The van der Waals surface area contributed by atoms with Crippen LogP contribution < -0.4 is 16.0 Å². The van der Waals surface area contributed by atoms with Crippen LogP contribution >= 0.6 is 12.2 Å². The average molecular weight is 387 g/mol. The quantitative estimate of drug-likeness (QED) is 0.697. The molecule has 1 aliphatic heterocycles. The van der Waals surface area contributed by atoms with Crippen LogP contribution in [0.2, 0.25) is 0 Å². The van der Waals surface area contributed by atoms with Gasteiger partial charge in [0.25, 0.3) is 5.91 Å². The molecule has 140 valence electrons. The first-order chi connectivity index (χ1) is 12.8. The van der Waals surface area contributed by atoms with E-state index in [1.807, 2.05) is 26.0 Å². The fraction of sp³-hybridized carbons (Fsp3) is 0.200. The Hall–Kier alpha value is -2.80. The van der Waals surface area contributed by atoms with Crippen LogP contribution in [0.15, 0.2) is 47.7 Å². The largest absolute Gasteiger partial charge is 0.351 e. The van der Waals surface area contributed by atoms with E-state index in [0.717, 1.165) is 23.3 Å². The van der Waals surface area contributed by atoms with E-state index >= 15 is 0 Å². The SMILES string of the molecule is CC1=C(C(=O)Nc2cccc(C)c2C)[C@H](c2ccc(F)cc2F)NC(=S)N1. The highest BCUT2D eigenvalue weighted by Crippen LogP contribution is 2.30. The molecule has 0 fully saturated rings. The van der Waals surface area contributed by atoms with Gasteiger partial charge in [-0.05, 0) is 56.2 Å². The third-order valence-electron chi connectivity index (χ3n) is 4.64. The molecule has 0 radical (unpaired) electrons. The third kappa shape index (κ3) is 3.83. The molecule has 7 heteroatoms. The van der Waals surface area contributed by atoms with E-state index < -0.39 is 23.6 Å². The maximum absolute atomic E-state index is 14.4. The number of allylic oxidation sites excluding steroid dienone is 1. The molecule has 0 saturated heterocycles. The van der Waals surface area contributed by atoms with Gasteiger partial charge in [-0.3, -0.25) is 4.79 Å². The van der Waals surface area contributed by atoms with Gasteiger partial charge in [0.1, 0.15) is 11.6 Å². The van der Waals surface area contributed by atoms with Crippen molar-refractivity contribution < 1.29 is 13.6 Å². The van der Waals surface area contributed by atoms with Crippen LogP contribution in [0.4, 0.5) is 14.5 Å². The van der Waals surface area contributed by atoms with Gasteiger partial charge < -0.3 is 16.0 Å². The van der Waals surface area contributed by atoms with E-state index in [0.29, 0.717) is 11.4 Å². The molecule has 1 heterocycles. The summed E-state index contributed by atoms with van der Waals surface area (Å²) in [7, 11) is 0. The number of benzene rings is 2. The number of hydrogen-bond acceptors (Lipinski definition) is 2. The van der Waals surface area contributed by atoms with Crippen molar-refractivity contribution in [3.05, 3.63) is 76.0 Å². The molecule has 0 unspecified atom stereocenters. The van der Waals surface area contributed by atoms with Crippen molar-refractivity contribution in [1.29, 1.82) is 0 Å². The molecule has 1 amide bonds. The van der Waals surface area contributed by atoms with Gasteiger partial charge in [0.2, 0.25) is 0 Å². The van der Waals surface area contributed by atoms with Gasteiger partial charge in [0, 0.05) is 23.0 Å². The van der Waals surface area contributed by atoms with Crippen LogP contribution in [0.3, 0.4) is 0 Å². The predicted molar refractivity (Wildman–Crippen MR) is 105 cm³/mol. The van der Waals surface area contributed by atoms with E-state index in [2.05, 4.69) is 16.0 Å². The van der Waals surface area contributed by atoms with Crippen molar-refractivity contribution in [3.63, 3.8) is 0 Å². The van der Waals surface area contributed by atoms with Gasteiger partial charge in [-0.15, -0.1) is 0 Å². The highest BCUT2D eigenvalue weighted by Gasteiger charge is 2.32. The first-order valence-corrected chi connectivity index (χ1v) is 8.79. The minimum atomic E-state index is -0.829. The molecule has 0 aromatic heterocycles. The maximum atomic E-state index is 14.4. The number of hydrogen-bond donors (Lipinski definition) is 3. The van der Waals surface area contributed by atoms with E-state index in [4.69, 9.17) is 12.2 Å². The van der Waals surface area contributed by atoms with Gasteiger partial charge >= 0.3 is 0 Å². The normalized spacial score (nSPS) is 16.6. The second kappa shape index (κ2) is 7.44. The summed E-state index contributed by atoms with van der Waals surface area (Å²) in [5.41, 5.74) is 3.60. The molecule has 2 aromatic rings. The predicted octanol–water partition coefficient (Wildman–Crippen LogP) is 4.01. The summed E-state index contributed by atoms with van der Waals surface area (Å²) >= 11 is 5.15. The van der Waals surface area contributed by atoms with Gasteiger partial charge in [0.15, 0.2) is 5.11 Å². The molecule has 0 saturated carbocycles. The Balaban J connectivity index is 2.01. The zero-order valence-electron chi connectivity index (χ0n) is 15.1. The van der Waals surface area contributed by atoms with Crippen molar-refractivity contribution in [1.82, 2.24) is 10.6 Å². The number of carbonyl (C=O) groups is 1. The Morgan fingerprint density at radius 1 is 1.15 bits per heavy atom. The van der Waals surface area contributed by atoms with Crippen LogP contribution in [0.25, 0.3) is 0 Å². The number of rotatable bonds is 3. The molecule has 1 aliphatic rings. The van der Waals surface area contributed by atoms with Crippen LogP contribution in [0.5, 0.6) is 0 Å². The number of anilines is 1. The third-order valence-corrected chi connectivity index (χ3v) is 4.86. The summed E-state index contributed by atoms with van der Waals surface area (Å²) in [6, 6.07) is 8.03. The molecule has 2 aromatic carbocycles. The molecule has 3 N–H and O–H groups in total. The Labute approximate surface area is 161 Å².